The number of aryl methyl sites for hydroxylation is 1. The number of thiophene rings is 2. The molecule has 23 heavy (non-hydrogen) atoms. The van der Waals surface area contributed by atoms with Crippen molar-refractivity contribution in [3.05, 3.63) is 45.8 Å². The van der Waals surface area contributed by atoms with Gasteiger partial charge in [0.25, 0.3) is 0 Å². The van der Waals surface area contributed by atoms with Crippen molar-refractivity contribution in [1.82, 2.24) is 15.0 Å². The minimum absolute atomic E-state index is 0.108. The molecule has 5 nitrogen and oxygen atoms in total. The van der Waals surface area contributed by atoms with E-state index in [0.29, 0.717) is 37.6 Å². The van der Waals surface area contributed by atoms with Gasteiger partial charge in [-0.3, -0.25) is 4.79 Å². The number of carbonyl (C=O) groups excluding carboxylic acids is 1. The van der Waals surface area contributed by atoms with E-state index in [2.05, 4.69) is 10.1 Å². The molecule has 1 amide bonds. The molecule has 3 heterocycles. The fraction of sp³-hybridized carbons (Fsp3) is 0.312. The van der Waals surface area contributed by atoms with E-state index in [0.717, 1.165) is 4.88 Å². The predicted molar refractivity (Wildman–Crippen MR) is 91.3 cm³/mol. The fourth-order valence-electron chi connectivity index (χ4n) is 2.20. The van der Waals surface area contributed by atoms with Crippen LogP contribution in [0, 0.1) is 0 Å². The van der Waals surface area contributed by atoms with Crippen LogP contribution in [0.15, 0.2) is 39.5 Å². The summed E-state index contributed by atoms with van der Waals surface area (Å²) in [6.45, 7) is 3.35. The van der Waals surface area contributed by atoms with Crippen molar-refractivity contribution in [1.29, 1.82) is 0 Å². The lowest BCUT2D eigenvalue weighted by Gasteiger charge is -2.19. The lowest BCUT2D eigenvalue weighted by atomic mass is 10.2. The lowest BCUT2D eigenvalue weighted by Crippen LogP contribution is -2.30. The third-order valence-corrected chi connectivity index (χ3v) is 5.15. The molecule has 0 saturated carbocycles. The average Bonchev–Trinajstić information content (AvgIpc) is 3.32. The molecule has 0 aromatic carbocycles. The molecule has 0 fully saturated rings. The van der Waals surface area contributed by atoms with Gasteiger partial charge in [-0.1, -0.05) is 17.3 Å². The van der Waals surface area contributed by atoms with Crippen molar-refractivity contribution in [3.63, 3.8) is 0 Å². The molecule has 0 saturated heterocycles. The second-order valence-electron chi connectivity index (χ2n) is 4.98. The first-order valence-corrected chi connectivity index (χ1v) is 9.19. The summed E-state index contributed by atoms with van der Waals surface area (Å²) in [7, 11) is 0. The van der Waals surface area contributed by atoms with Gasteiger partial charge in [0.2, 0.25) is 17.6 Å². The first-order valence-electron chi connectivity index (χ1n) is 7.43. The van der Waals surface area contributed by atoms with Gasteiger partial charge >= 0.3 is 0 Å². The molecular weight excluding hydrogens is 330 g/mol. The highest BCUT2D eigenvalue weighted by atomic mass is 32.1. The summed E-state index contributed by atoms with van der Waals surface area (Å²) in [5, 5.41) is 7.96. The molecule has 7 heteroatoms. The summed E-state index contributed by atoms with van der Waals surface area (Å²) in [4.78, 5) is 20.7. The highest BCUT2D eigenvalue weighted by Crippen LogP contribution is 2.21. The summed E-state index contributed by atoms with van der Waals surface area (Å²) in [6, 6.07) is 7.95. The van der Waals surface area contributed by atoms with Crippen LogP contribution in [-0.4, -0.2) is 27.5 Å². The Labute approximate surface area is 142 Å². The zero-order chi connectivity index (χ0) is 16.1. The molecule has 0 atom stereocenters. The van der Waals surface area contributed by atoms with Crippen LogP contribution in [0.4, 0.5) is 0 Å². The Morgan fingerprint density at radius 3 is 2.78 bits per heavy atom. The van der Waals surface area contributed by atoms with Crippen molar-refractivity contribution in [3.8, 4) is 10.7 Å². The summed E-state index contributed by atoms with van der Waals surface area (Å²) in [5.74, 6) is 1.21. The summed E-state index contributed by atoms with van der Waals surface area (Å²) >= 11 is 3.23. The third kappa shape index (κ3) is 4.05. The maximum atomic E-state index is 12.4. The van der Waals surface area contributed by atoms with Crippen LogP contribution in [0.3, 0.4) is 0 Å². The smallest absolute Gasteiger partial charge is 0.227 e. The first-order chi connectivity index (χ1) is 11.3. The molecule has 0 radical (unpaired) electrons. The number of amides is 1. The van der Waals surface area contributed by atoms with E-state index < -0.39 is 0 Å². The van der Waals surface area contributed by atoms with Gasteiger partial charge < -0.3 is 9.42 Å². The molecule has 0 aliphatic rings. The van der Waals surface area contributed by atoms with Crippen molar-refractivity contribution >= 4 is 28.6 Å². The Morgan fingerprint density at radius 1 is 1.26 bits per heavy atom. The Hall–Kier alpha value is -1.99. The summed E-state index contributed by atoms with van der Waals surface area (Å²) in [5.41, 5.74) is 0. The molecule has 3 aromatic rings. The van der Waals surface area contributed by atoms with Crippen LogP contribution in [0.25, 0.3) is 10.7 Å². The second-order valence-corrected chi connectivity index (χ2v) is 6.96. The van der Waals surface area contributed by atoms with Crippen LogP contribution in [0.2, 0.25) is 0 Å². The first kappa shape index (κ1) is 15.9. The van der Waals surface area contributed by atoms with Crippen molar-refractivity contribution in [2.45, 2.75) is 26.3 Å². The van der Waals surface area contributed by atoms with Crippen LogP contribution >= 0.6 is 22.7 Å². The van der Waals surface area contributed by atoms with Gasteiger partial charge in [-0.15, -0.1) is 22.7 Å². The monoisotopic (exact) mass is 347 g/mol. The van der Waals surface area contributed by atoms with E-state index in [-0.39, 0.29) is 5.91 Å². The van der Waals surface area contributed by atoms with Gasteiger partial charge in [-0.2, -0.15) is 4.98 Å². The molecule has 120 valence electrons. The minimum atomic E-state index is 0.108. The van der Waals surface area contributed by atoms with E-state index in [1.807, 2.05) is 46.8 Å². The van der Waals surface area contributed by atoms with Crippen LogP contribution in [0.5, 0.6) is 0 Å². The van der Waals surface area contributed by atoms with Gasteiger partial charge in [0.1, 0.15) is 0 Å². The number of hydrogen-bond donors (Lipinski definition) is 0. The zero-order valence-electron chi connectivity index (χ0n) is 12.8. The van der Waals surface area contributed by atoms with Gasteiger partial charge in [-0.25, -0.2) is 0 Å². The zero-order valence-corrected chi connectivity index (χ0v) is 14.4. The predicted octanol–water partition coefficient (Wildman–Crippen LogP) is 3.84. The van der Waals surface area contributed by atoms with Gasteiger partial charge in [-0.05, 0) is 29.8 Å². The molecule has 0 unspecified atom stereocenters. The van der Waals surface area contributed by atoms with E-state index in [1.54, 1.807) is 22.7 Å². The Bertz CT molecular complexity index is 735. The quantitative estimate of drug-likeness (QED) is 0.651. The molecule has 0 aliphatic heterocycles. The van der Waals surface area contributed by atoms with Gasteiger partial charge in [0.05, 0.1) is 11.4 Å². The SMILES string of the molecule is CCN(Cc1cccs1)C(=O)CCc1nc(-c2cccs2)no1. The number of carbonyl (C=O) groups is 1. The molecule has 0 spiro atoms. The van der Waals surface area contributed by atoms with Crippen molar-refractivity contribution < 1.29 is 9.32 Å². The maximum Gasteiger partial charge on any atom is 0.227 e. The van der Waals surface area contributed by atoms with E-state index in [1.165, 1.54) is 4.88 Å². The Morgan fingerprint density at radius 2 is 2.09 bits per heavy atom. The maximum absolute atomic E-state index is 12.4. The number of aromatic nitrogens is 2. The third-order valence-electron chi connectivity index (χ3n) is 3.42. The summed E-state index contributed by atoms with van der Waals surface area (Å²) in [6.07, 6.45) is 0.851. The van der Waals surface area contributed by atoms with Crippen molar-refractivity contribution in [2.75, 3.05) is 6.54 Å². The van der Waals surface area contributed by atoms with Crippen LogP contribution < -0.4 is 0 Å². The highest BCUT2D eigenvalue weighted by molar-refractivity contribution is 7.13. The molecule has 0 N–H and O–H groups in total. The molecule has 3 rings (SSSR count). The number of nitrogens with zero attached hydrogens (tertiary/aromatic N) is 3. The second kappa shape index (κ2) is 7.52. The van der Waals surface area contributed by atoms with E-state index >= 15 is 0 Å². The number of hydrogen-bond acceptors (Lipinski definition) is 6. The minimum Gasteiger partial charge on any atom is -0.339 e. The molecule has 0 aliphatic carbocycles. The summed E-state index contributed by atoms with van der Waals surface area (Å²) < 4.78 is 5.23. The largest absolute Gasteiger partial charge is 0.339 e. The Kier molecular flexibility index (Phi) is 5.19. The van der Waals surface area contributed by atoms with Gasteiger partial charge in [0, 0.05) is 24.3 Å². The normalized spacial score (nSPS) is 10.8. The lowest BCUT2D eigenvalue weighted by molar-refractivity contribution is -0.131. The standard InChI is InChI=1S/C16H17N3O2S2/c1-2-19(11-12-5-3-9-22-12)15(20)8-7-14-17-16(18-21-14)13-6-4-10-23-13/h3-6,9-10H,2,7-8,11H2,1H3. The van der Waals surface area contributed by atoms with Crippen LogP contribution in [-0.2, 0) is 17.8 Å². The van der Waals surface area contributed by atoms with Gasteiger partial charge in [0.15, 0.2) is 0 Å². The molecule has 0 bridgehead atoms. The Balaban J connectivity index is 1.55. The van der Waals surface area contributed by atoms with E-state index in [9.17, 15) is 4.79 Å². The molecular formula is C16H17N3O2S2. The van der Waals surface area contributed by atoms with Crippen LogP contribution in [0.1, 0.15) is 24.1 Å². The highest BCUT2D eigenvalue weighted by Gasteiger charge is 2.15. The average molecular weight is 347 g/mol. The number of rotatable bonds is 7. The van der Waals surface area contributed by atoms with Crippen molar-refractivity contribution in [2.24, 2.45) is 0 Å². The fourth-order valence-corrected chi connectivity index (χ4v) is 3.57. The topological polar surface area (TPSA) is 59.2 Å². The van der Waals surface area contributed by atoms with E-state index in [4.69, 9.17) is 4.52 Å². The molecule has 3 aromatic heterocycles.